The fraction of sp³-hybridized carbons (Fsp3) is 0.800. The molecule has 1 aliphatic rings. The van der Waals surface area contributed by atoms with E-state index in [1.54, 1.807) is 7.11 Å². The molecule has 0 unspecified atom stereocenters. The van der Waals surface area contributed by atoms with Crippen LogP contribution in [0.3, 0.4) is 0 Å². The zero-order chi connectivity index (χ0) is 14.4. The van der Waals surface area contributed by atoms with E-state index in [9.17, 15) is 0 Å². The van der Waals surface area contributed by atoms with Crippen molar-refractivity contribution < 1.29 is 4.74 Å². The molecule has 0 bridgehead atoms. The summed E-state index contributed by atoms with van der Waals surface area (Å²) in [5.74, 6) is 1.42. The first kappa shape index (κ1) is 15.7. The zero-order valence-electron chi connectivity index (χ0n) is 12.9. The first-order chi connectivity index (χ1) is 9.69. The summed E-state index contributed by atoms with van der Waals surface area (Å²) in [6.45, 7) is 9.59. The highest BCUT2D eigenvalue weighted by atomic mass is 32.1. The molecule has 5 heteroatoms. The van der Waals surface area contributed by atoms with Crippen LogP contribution in [0.1, 0.15) is 31.6 Å². The first-order valence-electron chi connectivity index (χ1n) is 7.58. The molecule has 2 heterocycles. The second-order valence-electron chi connectivity index (χ2n) is 6.02. The average Bonchev–Trinajstić information content (AvgIpc) is 2.88. The SMILES string of the molecule is COCC1CCN(c2ncc(CNCC(C)C)s2)CC1. The van der Waals surface area contributed by atoms with Crippen LogP contribution >= 0.6 is 11.3 Å². The summed E-state index contributed by atoms with van der Waals surface area (Å²) in [4.78, 5) is 8.33. The number of methoxy groups -OCH3 is 1. The normalized spacial score (nSPS) is 17.1. The third-order valence-corrected chi connectivity index (χ3v) is 4.74. The molecule has 1 aromatic rings. The molecule has 0 aromatic carbocycles. The highest BCUT2D eigenvalue weighted by molar-refractivity contribution is 7.15. The lowest BCUT2D eigenvalue weighted by atomic mass is 9.98. The number of thiazole rings is 1. The molecule has 1 N–H and O–H groups in total. The number of hydrogen-bond acceptors (Lipinski definition) is 5. The van der Waals surface area contributed by atoms with Gasteiger partial charge in [0, 0.05) is 44.4 Å². The summed E-state index contributed by atoms with van der Waals surface area (Å²) < 4.78 is 5.25. The highest BCUT2D eigenvalue weighted by Crippen LogP contribution is 2.27. The maximum atomic E-state index is 5.25. The van der Waals surface area contributed by atoms with E-state index >= 15 is 0 Å². The van der Waals surface area contributed by atoms with Gasteiger partial charge in [0.2, 0.25) is 0 Å². The topological polar surface area (TPSA) is 37.4 Å². The van der Waals surface area contributed by atoms with Gasteiger partial charge in [-0.15, -0.1) is 11.3 Å². The summed E-state index contributed by atoms with van der Waals surface area (Å²) in [5, 5.41) is 4.66. The largest absolute Gasteiger partial charge is 0.384 e. The lowest BCUT2D eigenvalue weighted by molar-refractivity contribution is 0.139. The van der Waals surface area contributed by atoms with Crippen molar-refractivity contribution in [1.82, 2.24) is 10.3 Å². The Morgan fingerprint density at radius 3 is 2.85 bits per heavy atom. The summed E-state index contributed by atoms with van der Waals surface area (Å²) in [5.41, 5.74) is 0. The Morgan fingerprint density at radius 1 is 1.45 bits per heavy atom. The van der Waals surface area contributed by atoms with Crippen molar-refractivity contribution in [2.75, 3.05) is 38.3 Å². The number of nitrogens with zero attached hydrogens (tertiary/aromatic N) is 2. The van der Waals surface area contributed by atoms with Crippen LogP contribution in [-0.4, -0.2) is 38.3 Å². The molecule has 0 radical (unpaired) electrons. The average molecular weight is 297 g/mol. The minimum atomic E-state index is 0.696. The van der Waals surface area contributed by atoms with Gasteiger partial charge >= 0.3 is 0 Å². The van der Waals surface area contributed by atoms with E-state index in [1.165, 1.54) is 22.9 Å². The third kappa shape index (κ3) is 4.72. The molecule has 0 atom stereocenters. The zero-order valence-corrected chi connectivity index (χ0v) is 13.7. The molecule has 20 heavy (non-hydrogen) atoms. The van der Waals surface area contributed by atoms with E-state index < -0.39 is 0 Å². The standard InChI is InChI=1S/C15H27N3OS/c1-12(2)8-16-9-14-10-17-15(20-14)18-6-4-13(5-7-18)11-19-3/h10,12-13,16H,4-9,11H2,1-3H3. The van der Waals surface area contributed by atoms with Crippen molar-refractivity contribution in [2.45, 2.75) is 33.2 Å². The predicted molar refractivity (Wildman–Crippen MR) is 85.5 cm³/mol. The minimum Gasteiger partial charge on any atom is -0.384 e. The van der Waals surface area contributed by atoms with E-state index in [1.807, 2.05) is 17.5 Å². The van der Waals surface area contributed by atoms with E-state index in [4.69, 9.17) is 4.74 Å². The molecular weight excluding hydrogens is 270 g/mol. The van der Waals surface area contributed by atoms with Crippen LogP contribution < -0.4 is 10.2 Å². The van der Waals surface area contributed by atoms with Gasteiger partial charge in [-0.1, -0.05) is 13.8 Å². The van der Waals surface area contributed by atoms with Gasteiger partial charge in [0.15, 0.2) is 5.13 Å². The summed E-state index contributed by atoms with van der Waals surface area (Å²) in [7, 11) is 1.80. The number of hydrogen-bond donors (Lipinski definition) is 1. The minimum absolute atomic E-state index is 0.696. The fourth-order valence-electron chi connectivity index (χ4n) is 2.54. The van der Waals surface area contributed by atoms with Crippen molar-refractivity contribution in [3.63, 3.8) is 0 Å². The Balaban J connectivity index is 1.78. The quantitative estimate of drug-likeness (QED) is 0.840. The monoisotopic (exact) mass is 297 g/mol. The maximum Gasteiger partial charge on any atom is 0.185 e. The van der Waals surface area contributed by atoms with E-state index in [-0.39, 0.29) is 0 Å². The second kappa shape index (κ2) is 7.96. The predicted octanol–water partition coefficient (Wildman–Crippen LogP) is 2.75. The first-order valence-corrected chi connectivity index (χ1v) is 8.40. The van der Waals surface area contributed by atoms with Crippen LogP contribution in [0.25, 0.3) is 0 Å². The lowest BCUT2D eigenvalue weighted by Gasteiger charge is -2.31. The van der Waals surface area contributed by atoms with Gasteiger partial charge in [0.25, 0.3) is 0 Å². The third-order valence-electron chi connectivity index (χ3n) is 3.68. The van der Waals surface area contributed by atoms with Gasteiger partial charge in [-0.3, -0.25) is 0 Å². The Hall–Kier alpha value is -0.650. The van der Waals surface area contributed by atoms with E-state index in [0.29, 0.717) is 5.92 Å². The van der Waals surface area contributed by atoms with Crippen LogP contribution in [0, 0.1) is 11.8 Å². The van der Waals surface area contributed by atoms with Crippen molar-refractivity contribution in [3.05, 3.63) is 11.1 Å². The summed E-state index contributed by atoms with van der Waals surface area (Å²) in [6.07, 6.45) is 4.46. The Kier molecular flexibility index (Phi) is 6.26. The summed E-state index contributed by atoms with van der Waals surface area (Å²) >= 11 is 1.83. The molecule has 0 amide bonds. The van der Waals surface area contributed by atoms with Crippen LogP contribution in [0.15, 0.2) is 6.20 Å². The number of anilines is 1. The second-order valence-corrected chi connectivity index (χ2v) is 7.11. The number of aromatic nitrogens is 1. The van der Waals surface area contributed by atoms with Crippen molar-refractivity contribution in [1.29, 1.82) is 0 Å². The molecule has 0 spiro atoms. The fourth-order valence-corrected chi connectivity index (χ4v) is 3.47. The number of piperidine rings is 1. The molecular formula is C15H27N3OS. The lowest BCUT2D eigenvalue weighted by Crippen LogP contribution is -2.34. The van der Waals surface area contributed by atoms with Gasteiger partial charge in [-0.2, -0.15) is 0 Å². The Labute approximate surface area is 126 Å². The van der Waals surface area contributed by atoms with Gasteiger partial charge in [0.05, 0.1) is 0 Å². The molecule has 0 saturated carbocycles. The van der Waals surface area contributed by atoms with Crippen molar-refractivity contribution >= 4 is 16.5 Å². The molecule has 0 aliphatic carbocycles. The molecule has 1 aromatic heterocycles. The van der Waals surface area contributed by atoms with Crippen LogP contribution in [0.4, 0.5) is 5.13 Å². The van der Waals surface area contributed by atoms with Gasteiger partial charge in [0.1, 0.15) is 0 Å². The number of ether oxygens (including phenoxy) is 1. The highest BCUT2D eigenvalue weighted by Gasteiger charge is 2.21. The Morgan fingerprint density at radius 2 is 2.20 bits per heavy atom. The Bertz CT molecular complexity index is 386. The van der Waals surface area contributed by atoms with Crippen LogP contribution in [0.2, 0.25) is 0 Å². The van der Waals surface area contributed by atoms with E-state index in [0.717, 1.165) is 38.7 Å². The molecule has 2 rings (SSSR count). The number of rotatable bonds is 7. The number of nitrogens with one attached hydrogen (secondary N) is 1. The smallest absolute Gasteiger partial charge is 0.185 e. The van der Waals surface area contributed by atoms with Crippen LogP contribution in [-0.2, 0) is 11.3 Å². The molecule has 4 nitrogen and oxygen atoms in total. The summed E-state index contributed by atoms with van der Waals surface area (Å²) in [6, 6.07) is 0. The molecule has 1 fully saturated rings. The van der Waals surface area contributed by atoms with E-state index in [2.05, 4.69) is 29.0 Å². The van der Waals surface area contributed by atoms with Crippen molar-refractivity contribution in [3.8, 4) is 0 Å². The molecule has 1 saturated heterocycles. The molecule has 114 valence electrons. The molecule has 1 aliphatic heterocycles. The maximum absolute atomic E-state index is 5.25. The van der Waals surface area contributed by atoms with Crippen LogP contribution in [0.5, 0.6) is 0 Å². The van der Waals surface area contributed by atoms with Crippen molar-refractivity contribution in [2.24, 2.45) is 11.8 Å². The van der Waals surface area contributed by atoms with Gasteiger partial charge in [-0.05, 0) is 31.2 Å². The van der Waals surface area contributed by atoms with Gasteiger partial charge < -0.3 is 15.0 Å². The van der Waals surface area contributed by atoms with Gasteiger partial charge in [-0.25, -0.2) is 4.98 Å².